The smallest absolute Gasteiger partial charge is 0.272 e. The summed E-state index contributed by atoms with van der Waals surface area (Å²) in [6.07, 6.45) is 3.10. The van der Waals surface area contributed by atoms with Crippen LogP contribution in [0.2, 0.25) is 0 Å². The molecule has 0 bridgehead atoms. The summed E-state index contributed by atoms with van der Waals surface area (Å²) in [5.74, 6) is 1.20. The minimum Gasteiger partial charge on any atom is -0.348 e. The average molecular weight is 377 g/mol. The number of amides is 1. The zero-order valence-electron chi connectivity index (χ0n) is 16.7. The lowest BCUT2D eigenvalue weighted by molar-refractivity contribution is 0.0946. The first-order chi connectivity index (χ1) is 13.5. The van der Waals surface area contributed by atoms with E-state index < -0.39 is 0 Å². The van der Waals surface area contributed by atoms with Crippen LogP contribution in [0.25, 0.3) is 11.0 Å². The normalized spacial score (nSPS) is 13.9. The number of anilines is 2. The molecule has 1 fully saturated rings. The van der Waals surface area contributed by atoms with Crippen LogP contribution in [0.15, 0.2) is 36.4 Å². The Morgan fingerprint density at radius 2 is 1.93 bits per heavy atom. The summed E-state index contributed by atoms with van der Waals surface area (Å²) in [5, 5.41) is 11.8. The third-order valence-corrected chi connectivity index (χ3v) is 4.97. The van der Waals surface area contributed by atoms with Crippen molar-refractivity contribution in [3.8, 4) is 0 Å². The molecule has 0 spiro atoms. The number of hydrogen-bond acceptors (Lipinski definition) is 4. The number of aryl methyl sites for hydroxylation is 2. The Morgan fingerprint density at radius 3 is 2.61 bits per heavy atom. The molecule has 0 aliphatic heterocycles. The zero-order valence-corrected chi connectivity index (χ0v) is 16.7. The highest BCUT2D eigenvalue weighted by atomic mass is 16.2. The molecular formula is C22H27N5O. The fourth-order valence-electron chi connectivity index (χ4n) is 3.09. The Morgan fingerprint density at radius 1 is 1.18 bits per heavy atom. The summed E-state index contributed by atoms with van der Waals surface area (Å²) in [4.78, 5) is 17.4. The van der Waals surface area contributed by atoms with Crippen LogP contribution in [0.4, 0.5) is 11.5 Å². The Balaban J connectivity index is 1.66. The molecule has 1 saturated carbocycles. The molecule has 28 heavy (non-hydrogen) atoms. The molecule has 6 nitrogen and oxygen atoms in total. The first kappa shape index (κ1) is 18.5. The minimum atomic E-state index is -0.100. The number of fused-ring (bicyclic) bond motifs is 1. The van der Waals surface area contributed by atoms with Crippen molar-refractivity contribution in [1.82, 2.24) is 20.1 Å². The molecule has 0 saturated heterocycles. The van der Waals surface area contributed by atoms with E-state index in [0.717, 1.165) is 48.3 Å². The van der Waals surface area contributed by atoms with Gasteiger partial charge in [0.05, 0.1) is 5.39 Å². The first-order valence-electron chi connectivity index (χ1n) is 10.0. The Kier molecular flexibility index (Phi) is 5.03. The maximum Gasteiger partial charge on any atom is 0.272 e. The minimum absolute atomic E-state index is 0.100. The monoisotopic (exact) mass is 377 g/mol. The van der Waals surface area contributed by atoms with Gasteiger partial charge >= 0.3 is 0 Å². The van der Waals surface area contributed by atoms with Crippen molar-refractivity contribution in [2.75, 3.05) is 5.32 Å². The second-order valence-electron chi connectivity index (χ2n) is 8.06. The van der Waals surface area contributed by atoms with E-state index in [4.69, 9.17) is 4.98 Å². The van der Waals surface area contributed by atoms with Gasteiger partial charge in [-0.05, 0) is 56.4 Å². The molecule has 146 valence electrons. The highest BCUT2D eigenvalue weighted by Crippen LogP contribution is 2.24. The van der Waals surface area contributed by atoms with Gasteiger partial charge in [0.2, 0.25) is 0 Å². The van der Waals surface area contributed by atoms with Crippen LogP contribution in [-0.4, -0.2) is 26.7 Å². The third kappa shape index (κ3) is 4.16. The number of hydrogen-bond donors (Lipinski definition) is 2. The molecule has 6 heteroatoms. The number of benzene rings is 1. The average Bonchev–Trinajstić information content (AvgIpc) is 3.40. The standard InChI is InChI=1S/C22H27N5O/c1-14(2)12-13-27-21-18(20(26-27)22(28)24-17-8-9-17)10-11-19(25-21)23-16-6-4-15(3)5-7-16/h4-7,10-11,14,17H,8-9,12-13H2,1-3H3,(H,23,25)(H,24,28). The van der Waals surface area contributed by atoms with Gasteiger partial charge in [-0.1, -0.05) is 31.5 Å². The highest BCUT2D eigenvalue weighted by Gasteiger charge is 2.27. The fraction of sp³-hybridized carbons (Fsp3) is 0.409. The summed E-state index contributed by atoms with van der Waals surface area (Å²) >= 11 is 0. The van der Waals surface area contributed by atoms with E-state index in [1.165, 1.54) is 5.56 Å². The van der Waals surface area contributed by atoms with Crippen molar-refractivity contribution in [1.29, 1.82) is 0 Å². The van der Waals surface area contributed by atoms with Gasteiger partial charge in [0, 0.05) is 18.3 Å². The Bertz CT molecular complexity index is 986. The molecule has 1 amide bonds. The Hall–Kier alpha value is -2.89. The molecule has 2 heterocycles. The van der Waals surface area contributed by atoms with Crippen LogP contribution < -0.4 is 10.6 Å². The van der Waals surface area contributed by atoms with Crippen molar-refractivity contribution in [3.05, 3.63) is 47.7 Å². The summed E-state index contributed by atoms with van der Waals surface area (Å²) in [5.41, 5.74) is 3.42. The van der Waals surface area contributed by atoms with E-state index in [-0.39, 0.29) is 5.91 Å². The van der Waals surface area contributed by atoms with Gasteiger partial charge in [-0.25, -0.2) is 9.67 Å². The van der Waals surface area contributed by atoms with E-state index in [9.17, 15) is 4.79 Å². The number of pyridine rings is 1. The predicted molar refractivity (Wildman–Crippen MR) is 112 cm³/mol. The zero-order chi connectivity index (χ0) is 19.7. The molecule has 0 atom stereocenters. The van der Waals surface area contributed by atoms with Gasteiger partial charge in [-0.2, -0.15) is 5.10 Å². The van der Waals surface area contributed by atoms with Crippen LogP contribution in [0.3, 0.4) is 0 Å². The maximum absolute atomic E-state index is 12.6. The number of nitrogens with one attached hydrogen (secondary N) is 2. The summed E-state index contributed by atoms with van der Waals surface area (Å²) in [7, 11) is 0. The fourth-order valence-corrected chi connectivity index (χ4v) is 3.09. The lowest BCUT2D eigenvalue weighted by Crippen LogP contribution is -2.26. The van der Waals surface area contributed by atoms with Crippen LogP contribution in [0, 0.1) is 12.8 Å². The predicted octanol–water partition coefficient (Wildman–Crippen LogP) is 4.42. The van der Waals surface area contributed by atoms with Gasteiger partial charge in [-0.15, -0.1) is 0 Å². The molecule has 0 unspecified atom stereocenters. The van der Waals surface area contributed by atoms with E-state index in [2.05, 4.69) is 48.6 Å². The third-order valence-electron chi connectivity index (χ3n) is 4.97. The molecule has 2 N–H and O–H groups in total. The van der Waals surface area contributed by atoms with E-state index in [1.807, 2.05) is 28.9 Å². The summed E-state index contributed by atoms with van der Waals surface area (Å²) in [6.45, 7) is 7.18. The second kappa shape index (κ2) is 7.62. The SMILES string of the molecule is Cc1ccc(Nc2ccc3c(C(=O)NC4CC4)nn(CCC(C)C)c3n2)cc1. The number of nitrogens with zero attached hydrogens (tertiary/aromatic N) is 3. The number of aromatic nitrogens is 3. The van der Waals surface area contributed by atoms with E-state index >= 15 is 0 Å². The van der Waals surface area contributed by atoms with Gasteiger partial charge in [0.15, 0.2) is 11.3 Å². The largest absolute Gasteiger partial charge is 0.348 e. The van der Waals surface area contributed by atoms with E-state index in [0.29, 0.717) is 17.7 Å². The van der Waals surface area contributed by atoms with Crippen LogP contribution in [-0.2, 0) is 6.54 Å². The summed E-state index contributed by atoms with van der Waals surface area (Å²) < 4.78 is 1.87. The molecule has 4 rings (SSSR count). The molecular weight excluding hydrogens is 350 g/mol. The molecule has 1 aliphatic carbocycles. The van der Waals surface area contributed by atoms with Crippen molar-refractivity contribution in [2.24, 2.45) is 5.92 Å². The van der Waals surface area contributed by atoms with Crippen LogP contribution in [0.5, 0.6) is 0 Å². The quantitative estimate of drug-likeness (QED) is 0.639. The van der Waals surface area contributed by atoms with Crippen molar-refractivity contribution in [2.45, 2.75) is 52.6 Å². The second-order valence-corrected chi connectivity index (χ2v) is 8.06. The van der Waals surface area contributed by atoms with Crippen molar-refractivity contribution in [3.63, 3.8) is 0 Å². The van der Waals surface area contributed by atoms with Gasteiger partial charge < -0.3 is 10.6 Å². The van der Waals surface area contributed by atoms with Crippen molar-refractivity contribution >= 4 is 28.4 Å². The lowest BCUT2D eigenvalue weighted by Gasteiger charge is -2.08. The van der Waals surface area contributed by atoms with Crippen molar-refractivity contribution < 1.29 is 4.79 Å². The first-order valence-corrected chi connectivity index (χ1v) is 10.0. The van der Waals surface area contributed by atoms with Gasteiger partial charge in [0.1, 0.15) is 5.82 Å². The molecule has 1 aliphatic rings. The maximum atomic E-state index is 12.6. The van der Waals surface area contributed by atoms with E-state index in [1.54, 1.807) is 0 Å². The number of rotatable bonds is 7. The van der Waals surface area contributed by atoms with Gasteiger partial charge in [-0.3, -0.25) is 4.79 Å². The molecule has 2 aromatic heterocycles. The lowest BCUT2D eigenvalue weighted by atomic mass is 10.1. The molecule has 3 aromatic rings. The van der Waals surface area contributed by atoms with Gasteiger partial charge in [0.25, 0.3) is 5.91 Å². The van der Waals surface area contributed by atoms with Crippen LogP contribution >= 0.6 is 0 Å². The summed E-state index contributed by atoms with van der Waals surface area (Å²) in [6, 6.07) is 12.3. The molecule has 1 aromatic carbocycles. The molecule has 0 radical (unpaired) electrons. The highest BCUT2D eigenvalue weighted by molar-refractivity contribution is 6.04. The van der Waals surface area contributed by atoms with Crippen LogP contribution in [0.1, 0.15) is 49.2 Å². The number of carbonyl (C=O) groups excluding carboxylic acids is 1. The Labute approximate surface area is 165 Å². The topological polar surface area (TPSA) is 71.8 Å². The number of carbonyl (C=O) groups is 1.